The van der Waals surface area contributed by atoms with Crippen molar-refractivity contribution in [3.05, 3.63) is 10.4 Å². The number of hydrogen-bond donors (Lipinski definition) is 0. The highest BCUT2D eigenvalue weighted by molar-refractivity contribution is 5.68. The van der Waals surface area contributed by atoms with Gasteiger partial charge in [0.25, 0.3) is 0 Å². The monoisotopic (exact) mass is 417 g/mol. The number of nitrogens with zero attached hydrogens (tertiary/aromatic N) is 3. The number of hydrogen-bond acceptors (Lipinski definition) is 11. The maximum Gasteiger partial charge on any atom is 0.303 e. The molecule has 0 aromatic rings. The molecular formula is C16H23N3O10. The first-order valence-corrected chi connectivity index (χ1v) is 8.58. The lowest BCUT2D eigenvalue weighted by Gasteiger charge is -2.44. The first-order chi connectivity index (χ1) is 13.6. The predicted molar refractivity (Wildman–Crippen MR) is 91.9 cm³/mol. The van der Waals surface area contributed by atoms with Crippen LogP contribution in [0.4, 0.5) is 0 Å². The molecule has 0 aliphatic carbocycles. The number of carbonyl (C=O) groups excluding carboxylic acids is 4. The van der Waals surface area contributed by atoms with Gasteiger partial charge in [0, 0.05) is 39.2 Å². The van der Waals surface area contributed by atoms with E-state index in [1.165, 1.54) is 6.92 Å². The van der Waals surface area contributed by atoms with Gasteiger partial charge in [0.2, 0.25) is 0 Å². The Morgan fingerprint density at radius 3 is 1.97 bits per heavy atom. The van der Waals surface area contributed by atoms with Crippen LogP contribution in [0.2, 0.25) is 0 Å². The quantitative estimate of drug-likeness (QED) is 0.128. The van der Waals surface area contributed by atoms with Crippen molar-refractivity contribution in [1.29, 1.82) is 0 Å². The summed E-state index contributed by atoms with van der Waals surface area (Å²) in [5.41, 5.74) is 8.35. The van der Waals surface area contributed by atoms with Crippen molar-refractivity contribution >= 4 is 23.9 Å². The number of azide groups is 1. The summed E-state index contributed by atoms with van der Waals surface area (Å²) in [6.07, 6.45) is -6.25. The average Bonchev–Trinajstić information content (AvgIpc) is 2.60. The van der Waals surface area contributed by atoms with Crippen molar-refractivity contribution in [2.45, 2.75) is 58.4 Å². The van der Waals surface area contributed by atoms with Crippen molar-refractivity contribution in [3.63, 3.8) is 0 Å². The molecule has 0 N–H and O–H groups in total. The molecule has 1 rings (SSSR count). The van der Waals surface area contributed by atoms with Gasteiger partial charge in [0.1, 0.15) is 12.7 Å². The second kappa shape index (κ2) is 11.8. The van der Waals surface area contributed by atoms with Gasteiger partial charge in [0.15, 0.2) is 24.6 Å². The molecule has 13 heteroatoms. The summed E-state index contributed by atoms with van der Waals surface area (Å²) < 4.78 is 31.7. The van der Waals surface area contributed by atoms with Crippen LogP contribution in [0.3, 0.4) is 0 Å². The Kier molecular flexibility index (Phi) is 9.86. The van der Waals surface area contributed by atoms with Gasteiger partial charge in [-0.25, -0.2) is 0 Å². The number of ether oxygens (including phenoxy) is 6. The first-order valence-electron chi connectivity index (χ1n) is 8.58. The number of esters is 4. The Morgan fingerprint density at radius 2 is 1.45 bits per heavy atom. The molecule has 13 nitrogen and oxygen atoms in total. The van der Waals surface area contributed by atoms with E-state index in [2.05, 4.69) is 10.0 Å². The van der Waals surface area contributed by atoms with Crippen molar-refractivity contribution in [1.82, 2.24) is 0 Å². The van der Waals surface area contributed by atoms with Crippen LogP contribution in [0, 0.1) is 0 Å². The molecule has 162 valence electrons. The fraction of sp³-hybridized carbons (Fsp3) is 0.750. The standard InChI is InChI=1S/C16H23N3O10/c1-8(20)25-7-12-13(26-9(2)21)14(27-10(3)22)15(28-11(4)23)16(29-12)24-6-5-18-19-17/h12-16H,5-7H2,1-4H3/t12-,13+,14+,15+,16-/m1/s1. The van der Waals surface area contributed by atoms with E-state index in [9.17, 15) is 19.2 Å². The molecule has 5 atom stereocenters. The SMILES string of the molecule is CC(=O)OC[C@H]1O[C@@H](OCCN=[N+]=[N-])[C@@H](OC(C)=O)[C@@H](OC(C)=O)[C@H]1OC(C)=O. The minimum Gasteiger partial charge on any atom is -0.463 e. The zero-order chi connectivity index (χ0) is 22.0. The maximum atomic E-state index is 11.6. The lowest BCUT2D eigenvalue weighted by molar-refractivity contribution is -0.307. The van der Waals surface area contributed by atoms with E-state index in [-0.39, 0.29) is 19.8 Å². The Balaban J connectivity index is 3.22. The zero-order valence-corrected chi connectivity index (χ0v) is 16.4. The van der Waals surface area contributed by atoms with Gasteiger partial charge < -0.3 is 28.4 Å². The maximum absolute atomic E-state index is 11.6. The number of rotatable bonds is 9. The summed E-state index contributed by atoms with van der Waals surface area (Å²) in [5.74, 6) is -2.83. The molecule has 0 saturated carbocycles. The molecule has 0 amide bonds. The minimum atomic E-state index is -1.31. The third-order valence-corrected chi connectivity index (χ3v) is 3.48. The minimum absolute atomic E-state index is 0.0522. The van der Waals surface area contributed by atoms with E-state index < -0.39 is 54.6 Å². The average molecular weight is 417 g/mol. The zero-order valence-electron chi connectivity index (χ0n) is 16.4. The smallest absolute Gasteiger partial charge is 0.303 e. The first kappa shape index (κ1) is 24.1. The molecule has 0 bridgehead atoms. The second-order valence-electron chi connectivity index (χ2n) is 5.89. The Morgan fingerprint density at radius 1 is 0.897 bits per heavy atom. The third kappa shape index (κ3) is 8.34. The molecule has 0 spiro atoms. The van der Waals surface area contributed by atoms with Crippen LogP contribution in [-0.4, -0.2) is 74.3 Å². The van der Waals surface area contributed by atoms with E-state index >= 15 is 0 Å². The molecule has 1 aliphatic heterocycles. The lowest BCUT2D eigenvalue weighted by Crippen LogP contribution is -2.63. The van der Waals surface area contributed by atoms with Crippen LogP contribution in [-0.2, 0) is 47.6 Å². The van der Waals surface area contributed by atoms with Gasteiger partial charge >= 0.3 is 23.9 Å². The lowest BCUT2D eigenvalue weighted by atomic mass is 9.98. The molecule has 1 aliphatic rings. The summed E-state index contributed by atoms with van der Waals surface area (Å²) in [4.78, 5) is 48.5. The second-order valence-corrected chi connectivity index (χ2v) is 5.89. The van der Waals surface area contributed by atoms with E-state index in [1.807, 2.05) is 0 Å². The van der Waals surface area contributed by atoms with Crippen LogP contribution in [0.25, 0.3) is 10.4 Å². The van der Waals surface area contributed by atoms with Crippen LogP contribution in [0.1, 0.15) is 27.7 Å². The molecule has 0 radical (unpaired) electrons. The van der Waals surface area contributed by atoms with Crippen LogP contribution < -0.4 is 0 Å². The summed E-state index contributed by atoms with van der Waals surface area (Å²) in [5, 5.41) is 3.31. The fourth-order valence-corrected chi connectivity index (χ4v) is 2.58. The highest BCUT2D eigenvalue weighted by atomic mass is 16.7. The topological polar surface area (TPSA) is 172 Å². The molecule has 1 heterocycles. The van der Waals surface area contributed by atoms with Crippen molar-refractivity contribution in [2.75, 3.05) is 19.8 Å². The van der Waals surface area contributed by atoms with Gasteiger partial charge in [-0.05, 0) is 5.53 Å². The van der Waals surface area contributed by atoms with Gasteiger partial charge in [-0.3, -0.25) is 19.2 Å². The highest BCUT2D eigenvalue weighted by Gasteiger charge is 2.52. The normalized spacial score (nSPS) is 25.9. The molecule has 0 unspecified atom stereocenters. The molecule has 0 aromatic heterocycles. The van der Waals surface area contributed by atoms with E-state index in [0.717, 1.165) is 20.8 Å². The third-order valence-electron chi connectivity index (χ3n) is 3.48. The highest BCUT2D eigenvalue weighted by Crippen LogP contribution is 2.29. The van der Waals surface area contributed by atoms with E-state index in [0.29, 0.717) is 0 Å². The molecule has 0 aromatic carbocycles. The fourth-order valence-electron chi connectivity index (χ4n) is 2.58. The van der Waals surface area contributed by atoms with Gasteiger partial charge in [-0.2, -0.15) is 0 Å². The molecule has 1 saturated heterocycles. The van der Waals surface area contributed by atoms with Crippen LogP contribution >= 0.6 is 0 Å². The molecular weight excluding hydrogens is 394 g/mol. The Labute approximate surface area is 166 Å². The van der Waals surface area contributed by atoms with Crippen LogP contribution in [0.15, 0.2) is 5.11 Å². The van der Waals surface area contributed by atoms with Crippen molar-refractivity contribution in [3.8, 4) is 0 Å². The van der Waals surface area contributed by atoms with Crippen molar-refractivity contribution in [2.24, 2.45) is 5.11 Å². The summed E-state index contributed by atoms with van der Waals surface area (Å²) in [7, 11) is 0. The van der Waals surface area contributed by atoms with E-state index in [4.69, 9.17) is 34.0 Å². The van der Waals surface area contributed by atoms with Crippen molar-refractivity contribution < 1.29 is 47.6 Å². The molecule has 1 fully saturated rings. The van der Waals surface area contributed by atoms with Gasteiger partial charge in [-0.15, -0.1) is 0 Å². The van der Waals surface area contributed by atoms with E-state index in [1.54, 1.807) is 0 Å². The molecule has 29 heavy (non-hydrogen) atoms. The van der Waals surface area contributed by atoms with Crippen LogP contribution in [0.5, 0.6) is 0 Å². The van der Waals surface area contributed by atoms with Gasteiger partial charge in [-0.1, -0.05) is 5.11 Å². The Bertz CT molecular complexity index is 663. The number of carbonyl (C=O) groups is 4. The van der Waals surface area contributed by atoms with Gasteiger partial charge in [0.05, 0.1) is 6.61 Å². The summed E-state index contributed by atoms with van der Waals surface area (Å²) >= 11 is 0. The summed E-state index contributed by atoms with van der Waals surface area (Å²) in [6.45, 7) is 4.01. The Hall–Kier alpha value is -2.89. The summed E-state index contributed by atoms with van der Waals surface area (Å²) in [6, 6.07) is 0. The largest absolute Gasteiger partial charge is 0.463 e. The predicted octanol–water partition coefficient (Wildman–Crippen LogP) is 0.396.